The van der Waals surface area contributed by atoms with Gasteiger partial charge >= 0.3 is 0 Å². The van der Waals surface area contributed by atoms with E-state index < -0.39 is 15.9 Å². The van der Waals surface area contributed by atoms with Crippen LogP contribution < -0.4 is 10.5 Å². The number of anilines is 1. The van der Waals surface area contributed by atoms with Crippen LogP contribution in [0.2, 0.25) is 0 Å². The molecule has 0 aromatic heterocycles. The topological polar surface area (TPSA) is 127 Å². The number of amides is 3. The van der Waals surface area contributed by atoms with Gasteiger partial charge in [-0.25, -0.2) is 13.6 Å². The number of rotatable bonds is 4. The second-order valence-electron chi connectivity index (χ2n) is 6.88. The zero-order chi connectivity index (χ0) is 18.6. The van der Waals surface area contributed by atoms with E-state index in [9.17, 15) is 22.8 Å². The maximum Gasteiger partial charge on any atom is 0.244 e. The molecule has 0 spiro atoms. The largest absolute Gasteiger partial charge is 0.325 e. The van der Waals surface area contributed by atoms with E-state index in [0.29, 0.717) is 5.69 Å². The summed E-state index contributed by atoms with van der Waals surface area (Å²) in [6.45, 7) is -0.346. The molecule has 1 saturated carbocycles. The van der Waals surface area contributed by atoms with E-state index in [4.69, 9.17) is 5.14 Å². The van der Waals surface area contributed by atoms with Gasteiger partial charge in [0.05, 0.1) is 16.7 Å². The van der Waals surface area contributed by atoms with Crippen LogP contribution in [0.25, 0.3) is 0 Å². The first-order valence-electron chi connectivity index (χ1n) is 8.22. The van der Waals surface area contributed by atoms with Gasteiger partial charge in [0, 0.05) is 5.69 Å². The number of sulfonamides is 1. The maximum atomic E-state index is 12.5. The van der Waals surface area contributed by atoms with Crippen LogP contribution in [0.15, 0.2) is 41.3 Å². The number of hydrogen-bond acceptors (Lipinski definition) is 5. The number of carbonyl (C=O) groups is 3. The number of allylic oxidation sites excluding steroid dienone is 2. The summed E-state index contributed by atoms with van der Waals surface area (Å²) in [5.74, 6) is -1.55. The van der Waals surface area contributed by atoms with Crippen LogP contribution in [0, 0.1) is 23.7 Å². The van der Waals surface area contributed by atoms with Gasteiger partial charge in [-0.3, -0.25) is 19.3 Å². The van der Waals surface area contributed by atoms with Crippen molar-refractivity contribution in [3.8, 4) is 0 Å². The van der Waals surface area contributed by atoms with Gasteiger partial charge in [0.2, 0.25) is 27.7 Å². The third-order valence-electron chi connectivity index (χ3n) is 5.33. The molecule has 1 heterocycles. The van der Waals surface area contributed by atoms with Gasteiger partial charge in [-0.1, -0.05) is 12.2 Å². The summed E-state index contributed by atoms with van der Waals surface area (Å²) in [4.78, 5) is 38.3. The Morgan fingerprint density at radius 2 is 1.62 bits per heavy atom. The number of fused-ring (bicyclic) bond motifs is 5. The average Bonchev–Trinajstić information content (AvgIpc) is 3.24. The first kappa shape index (κ1) is 16.9. The van der Waals surface area contributed by atoms with Crippen LogP contribution in [0.5, 0.6) is 0 Å². The number of imide groups is 1. The molecular weight excluding hydrogens is 358 g/mol. The van der Waals surface area contributed by atoms with Crippen molar-refractivity contribution in [1.29, 1.82) is 0 Å². The van der Waals surface area contributed by atoms with E-state index in [-0.39, 0.29) is 46.9 Å². The highest BCUT2D eigenvalue weighted by Gasteiger charge is 2.59. The quantitative estimate of drug-likeness (QED) is 0.569. The summed E-state index contributed by atoms with van der Waals surface area (Å²) in [5.41, 5.74) is 0.350. The Morgan fingerprint density at radius 1 is 1.08 bits per heavy atom. The molecule has 3 N–H and O–H groups in total. The number of nitrogens with two attached hydrogens (primary N) is 1. The van der Waals surface area contributed by atoms with Crippen molar-refractivity contribution in [1.82, 2.24) is 4.90 Å². The lowest BCUT2D eigenvalue weighted by Gasteiger charge is -2.16. The molecule has 136 valence electrons. The number of carbonyl (C=O) groups excluding carboxylic acids is 3. The average molecular weight is 375 g/mol. The van der Waals surface area contributed by atoms with Crippen LogP contribution in [0.4, 0.5) is 5.69 Å². The van der Waals surface area contributed by atoms with E-state index in [2.05, 4.69) is 5.32 Å². The summed E-state index contributed by atoms with van der Waals surface area (Å²) >= 11 is 0. The van der Waals surface area contributed by atoms with Crippen molar-refractivity contribution in [2.45, 2.75) is 11.3 Å². The number of likely N-dealkylation sites (tertiary alicyclic amines) is 1. The molecule has 4 rings (SSSR count). The van der Waals surface area contributed by atoms with Crippen molar-refractivity contribution in [3.63, 3.8) is 0 Å². The highest BCUT2D eigenvalue weighted by atomic mass is 32.2. The molecule has 0 radical (unpaired) electrons. The van der Waals surface area contributed by atoms with Crippen LogP contribution in [0.1, 0.15) is 6.42 Å². The summed E-state index contributed by atoms with van der Waals surface area (Å²) in [5, 5.41) is 7.57. The molecule has 9 heteroatoms. The molecule has 4 atom stereocenters. The predicted molar refractivity (Wildman–Crippen MR) is 90.9 cm³/mol. The summed E-state index contributed by atoms with van der Waals surface area (Å²) in [6, 6.07) is 5.32. The number of primary sulfonamides is 1. The molecule has 26 heavy (non-hydrogen) atoms. The number of hydrogen-bond donors (Lipinski definition) is 2. The monoisotopic (exact) mass is 375 g/mol. The second-order valence-corrected chi connectivity index (χ2v) is 8.44. The maximum absolute atomic E-state index is 12.5. The smallest absolute Gasteiger partial charge is 0.244 e. The Kier molecular flexibility index (Phi) is 3.74. The normalized spacial score (nSPS) is 29.3. The third kappa shape index (κ3) is 2.63. The lowest BCUT2D eigenvalue weighted by Crippen LogP contribution is -2.39. The lowest BCUT2D eigenvalue weighted by atomic mass is 9.85. The van der Waals surface area contributed by atoms with E-state index in [1.54, 1.807) is 0 Å². The van der Waals surface area contributed by atoms with Crippen molar-refractivity contribution < 1.29 is 22.8 Å². The molecule has 1 aromatic carbocycles. The zero-order valence-corrected chi connectivity index (χ0v) is 14.5. The lowest BCUT2D eigenvalue weighted by molar-refractivity contribution is -0.143. The highest BCUT2D eigenvalue weighted by Crippen LogP contribution is 2.52. The Hall–Kier alpha value is -2.52. The molecule has 1 aromatic rings. The van der Waals surface area contributed by atoms with Gasteiger partial charge in [-0.05, 0) is 42.5 Å². The number of nitrogens with zero attached hydrogens (tertiary/aromatic N) is 1. The molecule has 1 aliphatic heterocycles. The van der Waals surface area contributed by atoms with Crippen molar-refractivity contribution >= 4 is 33.4 Å². The second kappa shape index (κ2) is 5.75. The van der Waals surface area contributed by atoms with Gasteiger partial charge in [-0.15, -0.1) is 0 Å². The fraction of sp³-hybridized carbons (Fsp3) is 0.353. The molecule has 2 fully saturated rings. The Labute approximate surface area is 150 Å². The van der Waals surface area contributed by atoms with E-state index in [0.717, 1.165) is 11.3 Å². The van der Waals surface area contributed by atoms with Crippen molar-refractivity contribution in [3.05, 3.63) is 36.4 Å². The minimum absolute atomic E-state index is 0.0730. The highest BCUT2D eigenvalue weighted by molar-refractivity contribution is 7.89. The molecule has 2 aliphatic carbocycles. The SMILES string of the molecule is NS(=O)(=O)c1ccc(NC(=O)CN2C(=O)[C@H]3[C@H](C2=O)[C@H]2C=C[C@H]3C2)cc1. The first-order valence-corrected chi connectivity index (χ1v) is 9.76. The molecule has 2 bridgehead atoms. The first-order chi connectivity index (χ1) is 12.3. The molecule has 3 aliphatic rings. The van der Waals surface area contributed by atoms with E-state index in [1.165, 1.54) is 24.3 Å². The Balaban J connectivity index is 1.43. The fourth-order valence-electron chi connectivity index (χ4n) is 4.19. The molecule has 0 unspecified atom stereocenters. The van der Waals surface area contributed by atoms with Gasteiger partial charge in [0.15, 0.2) is 0 Å². The molecular formula is C17H17N3O5S. The van der Waals surface area contributed by atoms with Crippen molar-refractivity contribution in [2.75, 3.05) is 11.9 Å². The minimum atomic E-state index is -3.81. The zero-order valence-electron chi connectivity index (χ0n) is 13.7. The van der Waals surface area contributed by atoms with Gasteiger partial charge in [0.25, 0.3) is 0 Å². The van der Waals surface area contributed by atoms with Gasteiger partial charge < -0.3 is 5.32 Å². The van der Waals surface area contributed by atoms with Crippen LogP contribution in [-0.2, 0) is 24.4 Å². The third-order valence-corrected chi connectivity index (χ3v) is 6.26. The van der Waals surface area contributed by atoms with Crippen molar-refractivity contribution in [2.24, 2.45) is 28.8 Å². The summed E-state index contributed by atoms with van der Waals surface area (Å²) in [7, 11) is -3.81. The number of benzene rings is 1. The molecule has 3 amide bonds. The Bertz CT molecular complexity index is 908. The predicted octanol–water partition coefficient (Wildman–Crippen LogP) is 0.0796. The standard InChI is InChI=1S/C17H17N3O5S/c18-26(24,25)12-5-3-11(4-6-12)19-13(21)8-20-16(22)14-9-1-2-10(7-9)15(14)17(20)23/h1-6,9-10,14-15H,7-8H2,(H,19,21)(H2,18,24,25)/t9-,10-,14+,15+/m0/s1. The van der Waals surface area contributed by atoms with Gasteiger partial charge in [-0.2, -0.15) is 0 Å². The number of nitrogens with one attached hydrogen (secondary N) is 1. The summed E-state index contributed by atoms with van der Waals surface area (Å²) in [6.07, 6.45) is 4.82. The Morgan fingerprint density at radius 3 is 2.12 bits per heavy atom. The molecule has 1 saturated heterocycles. The van der Waals surface area contributed by atoms with Crippen LogP contribution in [-0.4, -0.2) is 37.6 Å². The van der Waals surface area contributed by atoms with E-state index >= 15 is 0 Å². The van der Waals surface area contributed by atoms with Crippen LogP contribution in [0.3, 0.4) is 0 Å². The molecule has 8 nitrogen and oxygen atoms in total. The van der Waals surface area contributed by atoms with Crippen LogP contribution >= 0.6 is 0 Å². The minimum Gasteiger partial charge on any atom is -0.325 e. The van der Waals surface area contributed by atoms with E-state index in [1.807, 2.05) is 12.2 Å². The summed E-state index contributed by atoms with van der Waals surface area (Å²) < 4.78 is 22.5. The van der Waals surface area contributed by atoms with Gasteiger partial charge in [0.1, 0.15) is 6.54 Å². The fourth-order valence-corrected chi connectivity index (χ4v) is 4.71.